The third-order valence-corrected chi connectivity index (χ3v) is 2.78. The molecule has 0 aliphatic heterocycles. The predicted octanol–water partition coefficient (Wildman–Crippen LogP) is 1.04. The maximum Gasteiger partial charge on any atom is 0.341 e. The Morgan fingerprint density at radius 3 is 2.80 bits per heavy atom. The number of rotatable bonds is 9. The van der Waals surface area contributed by atoms with Crippen LogP contribution in [0.25, 0.3) is 0 Å². The van der Waals surface area contributed by atoms with Crippen molar-refractivity contribution in [2.24, 2.45) is 0 Å². The summed E-state index contributed by atoms with van der Waals surface area (Å²) in [6.45, 7) is 5.34. The Hall–Kier alpha value is -1.37. The smallest absolute Gasteiger partial charge is 0.341 e. The molecule has 0 amide bonds. The number of nitrogens with one attached hydrogen (secondary N) is 1. The van der Waals surface area contributed by atoms with Gasteiger partial charge in [-0.2, -0.15) is 0 Å². The molecule has 0 saturated heterocycles. The molecule has 1 aromatic heterocycles. The van der Waals surface area contributed by atoms with E-state index in [0.717, 1.165) is 25.5 Å². The second-order valence-corrected chi connectivity index (χ2v) is 4.77. The van der Waals surface area contributed by atoms with E-state index in [9.17, 15) is 4.79 Å². The standard InChI is InChI=1S/C14H24N2O4/c1-11-13(14(17)18-4)9-12(20-11)10-15-5-7-19-8-6-16(2)3/h9,15H,5-8,10H2,1-4H3. The summed E-state index contributed by atoms with van der Waals surface area (Å²) in [5.41, 5.74) is 0.478. The first kappa shape index (κ1) is 16.7. The Labute approximate surface area is 120 Å². The first-order valence-electron chi connectivity index (χ1n) is 6.65. The van der Waals surface area contributed by atoms with E-state index in [-0.39, 0.29) is 5.97 Å². The maximum absolute atomic E-state index is 11.4. The van der Waals surface area contributed by atoms with Gasteiger partial charge in [0, 0.05) is 13.1 Å². The van der Waals surface area contributed by atoms with Crippen LogP contribution in [-0.2, 0) is 16.0 Å². The van der Waals surface area contributed by atoms with E-state index < -0.39 is 0 Å². The number of likely N-dealkylation sites (N-methyl/N-ethyl adjacent to an activating group) is 1. The lowest BCUT2D eigenvalue weighted by Gasteiger charge is -2.09. The van der Waals surface area contributed by atoms with Crippen LogP contribution in [-0.4, -0.2) is 58.4 Å². The zero-order valence-electron chi connectivity index (χ0n) is 12.7. The lowest BCUT2D eigenvalue weighted by molar-refractivity contribution is 0.0599. The van der Waals surface area contributed by atoms with Crippen molar-refractivity contribution in [2.45, 2.75) is 13.5 Å². The Morgan fingerprint density at radius 2 is 2.15 bits per heavy atom. The minimum Gasteiger partial charge on any atom is -0.465 e. The van der Waals surface area contributed by atoms with Gasteiger partial charge in [0.25, 0.3) is 0 Å². The van der Waals surface area contributed by atoms with Crippen molar-refractivity contribution in [2.75, 3.05) is 47.5 Å². The quantitative estimate of drug-likeness (QED) is 0.540. The molecule has 0 unspecified atom stereocenters. The topological polar surface area (TPSA) is 63.9 Å². The van der Waals surface area contributed by atoms with E-state index >= 15 is 0 Å². The molecule has 0 aliphatic carbocycles. The van der Waals surface area contributed by atoms with Crippen molar-refractivity contribution in [1.29, 1.82) is 0 Å². The molecule has 114 valence electrons. The van der Waals surface area contributed by atoms with Gasteiger partial charge < -0.3 is 24.1 Å². The van der Waals surface area contributed by atoms with Gasteiger partial charge in [0.2, 0.25) is 0 Å². The molecule has 0 spiro atoms. The van der Waals surface area contributed by atoms with Gasteiger partial charge in [0.15, 0.2) is 0 Å². The van der Waals surface area contributed by atoms with Crippen molar-refractivity contribution >= 4 is 5.97 Å². The van der Waals surface area contributed by atoms with E-state index in [1.165, 1.54) is 7.11 Å². The first-order chi connectivity index (χ1) is 9.54. The molecule has 20 heavy (non-hydrogen) atoms. The molecule has 1 N–H and O–H groups in total. The molecule has 0 bridgehead atoms. The van der Waals surface area contributed by atoms with Crippen LogP contribution in [0.5, 0.6) is 0 Å². The fourth-order valence-electron chi connectivity index (χ4n) is 1.65. The third kappa shape index (κ3) is 5.73. The minimum atomic E-state index is -0.371. The number of aryl methyl sites for hydroxylation is 1. The van der Waals surface area contributed by atoms with Gasteiger partial charge >= 0.3 is 5.97 Å². The summed E-state index contributed by atoms with van der Waals surface area (Å²) in [7, 11) is 5.39. The van der Waals surface area contributed by atoms with E-state index in [0.29, 0.717) is 24.5 Å². The van der Waals surface area contributed by atoms with Crippen LogP contribution >= 0.6 is 0 Å². The zero-order chi connectivity index (χ0) is 15.0. The summed E-state index contributed by atoms with van der Waals surface area (Å²) in [5.74, 6) is 0.927. The Morgan fingerprint density at radius 1 is 1.40 bits per heavy atom. The molecule has 0 saturated carbocycles. The van der Waals surface area contributed by atoms with Gasteiger partial charge in [0.1, 0.15) is 17.1 Å². The number of ether oxygens (including phenoxy) is 2. The fraction of sp³-hybridized carbons (Fsp3) is 0.643. The Bertz CT molecular complexity index is 415. The lowest BCUT2D eigenvalue weighted by Crippen LogP contribution is -2.22. The van der Waals surface area contributed by atoms with Crippen molar-refractivity contribution in [3.8, 4) is 0 Å². The van der Waals surface area contributed by atoms with E-state index in [1.54, 1.807) is 13.0 Å². The van der Waals surface area contributed by atoms with Gasteiger partial charge in [-0.05, 0) is 27.1 Å². The summed E-state index contributed by atoms with van der Waals surface area (Å²) >= 11 is 0. The average molecular weight is 284 g/mol. The fourth-order valence-corrected chi connectivity index (χ4v) is 1.65. The number of hydrogen-bond donors (Lipinski definition) is 1. The highest BCUT2D eigenvalue weighted by Gasteiger charge is 2.14. The number of hydrogen-bond acceptors (Lipinski definition) is 6. The molecule has 6 nitrogen and oxygen atoms in total. The van der Waals surface area contributed by atoms with Gasteiger partial charge in [0.05, 0.1) is 26.9 Å². The van der Waals surface area contributed by atoms with Gasteiger partial charge in [-0.3, -0.25) is 0 Å². The van der Waals surface area contributed by atoms with Crippen molar-refractivity contribution < 1.29 is 18.7 Å². The Balaban J connectivity index is 2.21. The molecule has 0 aromatic carbocycles. The number of furan rings is 1. The number of nitrogens with zero attached hydrogens (tertiary/aromatic N) is 1. The SMILES string of the molecule is COC(=O)c1cc(CNCCOCCN(C)C)oc1C. The highest BCUT2D eigenvalue weighted by molar-refractivity contribution is 5.90. The van der Waals surface area contributed by atoms with Crippen LogP contribution in [0.3, 0.4) is 0 Å². The molecular weight excluding hydrogens is 260 g/mol. The molecule has 0 fully saturated rings. The second kappa shape index (κ2) is 8.73. The van der Waals surface area contributed by atoms with Gasteiger partial charge in [-0.15, -0.1) is 0 Å². The first-order valence-corrected chi connectivity index (χ1v) is 6.65. The third-order valence-electron chi connectivity index (χ3n) is 2.78. The van der Waals surface area contributed by atoms with Crippen LogP contribution in [0.1, 0.15) is 21.9 Å². The normalized spacial score (nSPS) is 11.1. The van der Waals surface area contributed by atoms with Gasteiger partial charge in [-0.25, -0.2) is 4.79 Å². The molecule has 1 rings (SSSR count). The number of esters is 1. The minimum absolute atomic E-state index is 0.371. The van der Waals surface area contributed by atoms with Crippen molar-refractivity contribution in [3.05, 3.63) is 23.2 Å². The van der Waals surface area contributed by atoms with E-state index in [2.05, 4.69) is 15.0 Å². The molecule has 0 radical (unpaired) electrons. The molecule has 6 heteroatoms. The zero-order valence-corrected chi connectivity index (χ0v) is 12.7. The highest BCUT2D eigenvalue weighted by Crippen LogP contribution is 2.15. The van der Waals surface area contributed by atoms with Crippen LogP contribution in [0.15, 0.2) is 10.5 Å². The predicted molar refractivity (Wildman–Crippen MR) is 75.9 cm³/mol. The summed E-state index contributed by atoms with van der Waals surface area (Å²) in [4.78, 5) is 13.5. The number of carbonyl (C=O) groups excluding carboxylic acids is 1. The van der Waals surface area contributed by atoms with Gasteiger partial charge in [-0.1, -0.05) is 0 Å². The number of carbonyl (C=O) groups is 1. The van der Waals surface area contributed by atoms with Crippen LogP contribution < -0.4 is 5.32 Å². The van der Waals surface area contributed by atoms with Crippen LogP contribution in [0.2, 0.25) is 0 Å². The monoisotopic (exact) mass is 284 g/mol. The molecule has 1 aromatic rings. The lowest BCUT2D eigenvalue weighted by atomic mass is 10.2. The average Bonchev–Trinajstić information content (AvgIpc) is 2.77. The summed E-state index contributed by atoms with van der Waals surface area (Å²) in [6, 6.07) is 1.71. The summed E-state index contributed by atoms with van der Waals surface area (Å²) < 4.78 is 15.6. The van der Waals surface area contributed by atoms with Crippen molar-refractivity contribution in [1.82, 2.24) is 10.2 Å². The Kier molecular flexibility index (Phi) is 7.28. The molecule has 0 aliphatic rings. The summed E-state index contributed by atoms with van der Waals surface area (Å²) in [5, 5.41) is 3.20. The van der Waals surface area contributed by atoms with E-state index in [4.69, 9.17) is 9.15 Å². The molecule has 0 atom stereocenters. The highest BCUT2D eigenvalue weighted by atomic mass is 16.5. The van der Waals surface area contributed by atoms with Crippen LogP contribution in [0.4, 0.5) is 0 Å². The maximum atomic E-state index is 11.4. The van der Waals surface area contributed by atoms with E-state index in [1.807, 2.05) is 14.1 Å². The second-order valence-electron chi connectivity index (χ2n) is 4.77. The summed E-state index contributed by atoms with van der Waals surface area (Å²) in [6.07, 6.45) is 0. The van der Waals surface area contributed by atoms with Crippen molar-refractivity contribution in [3.63, 3.8) is 0 Å². The molecular formula is C14H24N2O4. The molecule has 1 heterocycles. The van der Waals surface area contributed by atoms with Crippen LogP contribution in [0, 0.1) is 6.92 Å². The largest absolute Gasteiger partial charge is 0.465 e. The number of methoxy groups -OCH3 is 1.